The molecule has 0 bridgehead atoms. The second-order valence-electron chi connectivity index (χ2n) is 4.41. The molecule has 0 aromatic carbocycles. The SMILES string of the molecule is CCN(C)CCCN(C)CC(C)C. The van der Waals surface area contributed by atoms with E-state index in [1.165, 1.54) is 26.1 Å². The van der Waals surface area contributed by atoms with Crippen molar-refractivity contribution in [3.05, 3.63) is 0 Å². The topological polar surface area (TPSA) is 6.48 Å². The summed E-state index contributed by atoms with van der Waals surface area (Å²) in [6.45, 7) is 11.6. The molecule has 0 unspecified atom stereocenters. The third-order valence-corrected chi connectivity index (χ3v) is 2.30. The van der Waals surface area contributed by atoms with Gasteiger partial charge in [-0.2, -0.15) is 0 Å². The van der Waals surface area contributed by atoms with E-state index < -0.39 is 0 Å². The molecule has 0 amide bonds. The summed E-state index contributed by atoms with van der Waals surface area (Å²) in [6.07, 6.45) is 1.29. The molecule has 80 valence electrons. The van der Waals surface area contributed by atoms with Crippen LogP contribution in [0.5, 0.6) is 0 Å². The molecule has 2 heteroatoms. The number of rotatable bonds is 7. The van der Waals surface area contributed by atoms with Gasteiger partial charge in [-0.25, -0.2) is 0 Å². The van der Waals surface area contributed by atoms with Crippen molar-refractivity contribution < 1.29 is 0 Å². The molecule has 0 radical (unpaired) electrons. The fraction of sp³-hybridized carbons (Fsp3) is 1.00. The Balaban J connectivity index is 3.31. The van der Waals surface area contributed by atoms with Crippen molar-refractivity contribution in [3.8, 4) is 0 Å². The van der Waals surface area contributed by atoms with E-state index in [1.807, 2.05) is 0 Å². The van der Waals surface area contributed by atoms with Crippen LogP contribution in [0.1, 0.15) is 27.2 Å². The zero-order valence-corrected chi connectivity index (χ0v) is 10.0. The summed E-state index contributed by atoms with van der Waals surface area (Å²) in [7, 11) is 4.40. The molecule has 13 heavy (non-hydrogen) atoms. The van der Waals surface area contributed by atoms with Gasteiger partial charge < -0.3 is 9.80 Å². The lowest BCUT2D eigenvalue weighted by Gasteiger charge is -2.20. The maximum atomic E-state index is 2.42. The van der Waals surface area contributed by atoms with Gasteiger partial charge in [-0.3, -0.25) is 0 Å². The van der Waals surface area contributed by atoms with Crippen LogP contribution in [0.4, 0.5) is 0 Å². The smallest absolute Gasteiger partial charge is 0.000134 e. The van der Waals surface area contributed by atoms with E-state index in [0.29, 0.717) is 0 Å². The third-order valence-electron chi connectivity index (χ3n) is 2.30. The first kappa shape index (κ1) is 12.9. The van der Waals surface area contributed by atoms with E-state index in [9.17, 15) is 0 Å². The zero-order valence-electron chi connectivity index (χ0n) is 10.0. The maximum Gasteiger partial charge on any atom is 0.000134 e. The lowest BCUT2D eigenvalue weighted by atomic mass is 10.2. The highest BCUT2D eigenvalue weighted by atomic mass is 15.1. The average Bonchev–Trinajstić information content (AvgIpc) is 2.02. The predicted molar refractivity (Wildman–Crippen MR) is 60.1 cm³/mol. The molecule has 0 heterocycles. The van der Waals surface area contributed by atoms with Crippen LogP contribution in [0.15, 0.2) is 0 Å². The quantitative estimate of drug-likeness (QED) is 0.599. The van der Waals surface area contributed by atoms with E-state index in [2.05, 4.69) is 44.7 Å². The van der Waals surface area contributed by atoms with Gasteiger partial charge in [0.25, 0.3) is 0 Å². The molecule has 0 N–H and O–H groups in total. The summed E-state index contributed by atoms with van der Waals surface area (Å²) in [5.41, 5.74) is 0. The van der Waals surface area contributed by atoms with E-state index in [0.717, 1.165) is 12.5 Å². The monoisotopic (exact) mass is 186 g/mol. The van der Waals surface area contributed by atoms with Crippen molar-refractivity contribution >= 4 is 0 Å². The van der Waals surface area contributed by atoms with Gasteiger partial charge in [-0.05, 0) is 46.1 Å². The lowest BCUT2D eigenvalue weighted by molar-refractivity contribution is 0.264. The highest BCUT2D eigenvalue weighted by Gasteiger charge is 2.01. The molecule has 0 atom stereocenters. The van der Waals surface area contributed by atoms with Crippen LogP contribution in [0.2, 0.25) is 0 Å². The molecule has 0 aliphatic carbocycles. The van der Waals surface area contributed by atoms with E-state index in [4.69, 9.17) is 0 Å². The summed E-state index contributed by atoms with van der Waals surface area (Å²) >= 11 is 0. The summed E-state index contributed by atoms with van der Waals surface area (Å²) in [5.74, 6) is 0.786. The van der Waals surface area contributed by atoms with Crippen LogP contribution in [0, 0.1) is 5.92 Å². The van der Waals surface area contributed by atoms with Crippen LogP contribution in [-0.2, 0) is 0 Å². The number of nitrogens with zero attached hydrogens (tertiary/aromatic N) is 2. The average molecular weight is 186 g/mol. The van der Waals surface area contributed by atoms with Gasteiger partial charge in [-0.15, -0.1) is 0 Å². The van der Waals surface area contributed by atoms with Crippen LogP contribution in [0.25, 0.3) is 0 Å². The molecule has 0 spiro atoms. The van der Waals surface area contributed by atoms with E-state index >= 15 is 0 Å². The second-order valence-corrected chi connectivity index (χ2v) is 4.41. The lowest BCUT2D eigenvalue weighted by Crippen LogP contribution is -2.28. The first-order valence-electron chi connectivity index (χ1n) is 5.43. The first-order valence-corrected chi connectivity index (χ1v) is 5.43. The van der Waals surface area contributed by atoms with Crippen LogP contribution < -0.4 is 0 Å². The van der Waals surface area contributed by atoms with Crippen LogP contribution in [-0.4, -0.2) is 50.1 Å². The minimum absolute atomic E-state index is 0.786. The minimum atomic E-state index is 0.786. The molecule has 0 saturated heterocycles. The van der Waals surface area contributed by atoms with Crippen LogP contribution >= 0.6 is 0 Å². The molecule has 0 aromatic rings. The Hall–Kier alpha value is -0.0800. The van der Waals surface area contributed by atoms with Crippen molar-refractivity contribution in [3.63, 3.8) is 0 Å². The Bertz CT molecular complexity index is 113. The Labute approximate surface area is 83.9 Å². The molecule has 0 rings (SSSR count). The molecular weight excluding hydrogens is 160 g/mol. The van der Waals surface area contributed by atoms with Crippen molar-refractivity contribution in [1.82, 2.24) is 9.80 Å². The zero-order chi connectivity index (χ0) is 10.3. The molecular formula is C11H26N2. The van der Waals surface area contributed by atoms with Gasteiger partial charge in [-0.1, -0.05) is 20.8 Å². The Morgan fingerprint density at radius 1 is 1.00 bits per heavy atom. The van der Waals surface area contributed by atoms with Gasteiger partial charge in [0.1, 0.15) is 0 Å². The predicted octanol–water partition coefficient (Wildman–Crippen LogP) is 1.92. The largest absolute Gasteiger partial charge is 0.307 e. The van der Waals surface area contributed by atoms with E-state index in [-0.39, 0.29) is 0 Å². The standard InChI is InChI=1S/C11H26N2/c1-6-12(4)8-7-9-13(5)10-11(2)3/h11H,6-10H2,1-5H3. The van der Waals surface area contributed by atoms with Gasteiger partial charge in [0.2, 0.25) is 0 Å². The third kappa shape index (κ3) is 8.26. The van der Waals surface area contributed by atoms with Crippen molar-refractivity contribution in [2.75, 3.05) is 40.3 Å². The molecule has 2 nitrogen and oxygen atoms in total. The van der Waals surface area contributed by atoms with Crippen molar-refractivity contribution in [2.45, 2.75) is 27.2 Å². The van der Waals surface area contributed by atoms with E-state index in [1.54, 1.807) is 0 Å². The normalized spacial score (nSPS) is 12.0. The summed E-state index contributed by atoms with van der Waals surface area (Å²) in [6, 6.07) is 0. The maximum absolute atomic E-state index is 2.42. The number of hydrogen-bond donors (Lipinski definition) is 0. The highest BCUT2D eigenvalue weighted by Crippen LogP contribution is 1.97. The molecule has 0 aliphatic heterocycles. The first-order chi connectivity index (χ1) is 6.06. The molecule has 0 saturated carbocycles. The van der Waals surface area contributed by atoms with Gasteiger partial charge in [0.05, 0.1) is 0 Å². The summed E-state index contributed by atoms with van der Waals surface area (Å²) in [5, 5.41) is 0. The second kappa shape index (κ2) is 7.34. The molecule has 0 aromatic heterocycles. The number of hydrogen-bond acceptors (Lipinski definition) is 2. The fourth-order valence-corrected chi connectivity index (χ4v) is 1.48. The summed E-state index contributed by atoms with van der Waals surface area (Å²) < 4.78 is 0. The molecule has 0 aliphatic rings. The van der Waals surface area contributed by atoms with Gasteiger partial charge in [0.15, 0.2) is 0 Å². The molecule has 0 fully saturated rings. The van der Waals surface area contributed by atoms with Gasteiger partial charge >= 0.3 is 0 Å². The minimum Gasteiger partial charge on any atom is -0.307 e. The highest BCUT2D eigenvalue weighted by molar-refractivity contribution is 4.56. The van der Waals surface area contributed by atoms with Crippen molar-refractivity contribution in [2.24, 2.45) is 5.92 Å². The Kier molecular flexibility index (Phi) is 7.29. The Morgan fingerprint density at radius 3 is 2.00 bits per heavy atom. The van der Waals surface area contributed by atoms with Crippen molar-refractivity contribution in [1.29, 1.82) is 0 Å². The fourth-order valence-electron chi connectivity index (χ4n) is 1.48. The van der Waals surface area contributed by atoms with Gasteiger partial charge in [0, 0.05) is 6.54 Å². The summed E-state index contributed by atoms with van der Waals surface area (Å²) in [4.78, 5) is 4.79. The van der Waals surface area contributed by atoms with Crippen LogP contribution in [0.3, 0.4) is 0 Å². The Morgan fingerprint density at radius 2 is 1.54 bits per heavy atom.